The largest absolute Gasteiger partial charge is 0.351 e. The van der Waals surface area contributed by atoms with E-state index >= 15 is 0 Å². The zero-order valence-corrected chi connectivity index (χ0v) is 15.3. The van der Waals surface area contributed by atoms with E-state index in [1.54, 1.807) is 17.4 Å². The lowest BCUT2D eigenvalue weighted by Gasteiger charge is -2.30. The topological polar surface area (TPSA) is 36.5 Å². The minimum Gasteiger partial charge on any atom is -0.351 e. The van der Waals surface area contributed by atoms with Crippen molar-refractivity contribution in [3.8, 4) is 11.1 Å². The molecule has 6 heteroatoms. The summed E-state index contributed by atoms with van der Waals surface area (Å²) >= 11 is 1.62. The van der Waals surface area contributed by atoms with Crippen LogP contribution in [0.1, 0.15) is 30.5 Å². The first kappa shape index (κ1) is 17.4. The van der Waals surface area contributed by atoms with E-state index in [9.17, 15) is 4.39 Å². The maximum atomic E-state index is 14.3. The van der Waals surface area contributed by atoms with Crippen molar-refractivity contribution in [2.24, 2.45) is 0 Å². The van der Waals surface area contributed by atoms with Gasteiger partial charge < -0.3 is 15.1 Å². The third kappa shape index (κ3) is 3.07. The average molecular weight is 349 g/mol. The molecule has 0 saturated carbocycles. The van der Waals surface area contributed by atoms with Crippen LogP contribution in [0.4, 0.5) is 10.1 Å². The highest BCUT2D eigenvalue weighted by molar-refractivity contribution is 7.11. The second-order valence-corrected chi connectivity index (χ2v) is 6.74. The van der Waals surface area contributed by atoms with Gasteiger partial charge in [0.05, 0.1) is 16.7 Å². The fraction of sp³-hybridized carbons (Fsp3) is 0.444. The van der Waals surface area contributed by atoms with Crippen LogP contribution in [0.15, 0.2) is 23.6 Å². The zero-order chi connectivity index (χ0) is 17.3. The SMILES string of the molecule is CC.Cc1ccc(-c2csc3c2N(C)NC3OC2CNC2)c(F)c1. The van der Waals surface area contributed by atoms with Gasteiger partial charge in [0.25, 0.3) is 0 Å². The van der Waals surface area contributed by atoms with Gasteiger partial charge in [-0.25, -0.2) is 9.82 Å². The van der Waals surface area contributed by atoms with Crippen LogP contribution in [-0.2, 0) is 4.74 Å². The fourth-order valence-corrected chi connectivity index (χ4v) is 3.94. The quantitative estimate of drug-likeness (QED) is 0.883. The Balaban J connectivity index is 0.000000815. The molecule has 2 aromatic rings. The third-order valence-corrected chi connectivity index (χ3v) is 5.18. The van der Waals surface area contributed by atoms with E-state index in [2.05, 4.69) is 10.7 Å². The molecule has 4 rings (SSSR count). The van der Waals surface area contributed by atoms with Gasteiger partial charge in [-0.2, -0.15) is 0 Å². The van der Waals surface area contributed by atoms with Gasteiger partial charge in [-0.15, -0.1) is 11.3 Å². The van der Waals surface area contributed by atoms with E-state index in [0.29, 0.717) is 5.56 Å². The normalized spacial score (nSPS) is 19.5. The van der Waals surface area contributed by atoms with Gasteiger partial charge in [-0.05, 0) is 18.6 Å². The lowest BCUT2D eigenvalue weighted by atomic mass is 10.0. The van der Waals surface area contributed by atoms with Crippen molar-refractivity contribution in [3.05, 3.63) is 39.8 Å². The van der Waals surface area contributed by atoms with Crippen LogP contribution < -0.4 is 15.8 Å². The molecule has 1 atom stereocenters. The summed E-state index contributed by atoms with van der Waals surface area (Å²) in [6, 6.07) is 5.37. The average Bonchev–Trinajstić information content (AvgIpc) is 3.08. The molecular weight excluding hydrogens is 325 g/mol. The van der Waals surface area contributed by atoms with Crippen molar-refractivity contribution < 1.29 is 9.13 Å². The van der Waals surface area contributed by atoms with Crippen molar-refractivity contribution in [1.29, 1.82) is 0 Å². The molecule has 130 valence electrons. The Morgan fingerprint density at radius 2 is 2.00 bits per heavy atom. The van der Waals surface area contributed by atoms with Gasteiger partial charge in [-0.1, -0.05) is 26.0 Å². The van der Waals surface area contributed by atoms with E-state index < -0.39 is 0 Å². The van der Waals surface area contributed by atoms with Crippen LogP contribution in [0.5, 0.6) is 0 Å². The van der Waals surface area contributed by atoms with Crippen molar-refractivity contribution in [2.45, 2.75) is 33.1 Å². The van der Waals surface area contributed by atoms with Gasteiger partial charge in [-0.3, -0.25) is 0 Å². The van der Waals surface area contributed by atoms with E-state index in [0.717, 1.165) is 34.8 Å². The lowest BCUT2D eigenvalue weighted by molar-refractivity contribution is -0.0490. The van der Waals surface area contributed by atoms with Crippen molar-refractivity contribution >= 4 is 17.0 Å². The molecule has 0 aliphatic carbocycles. The maximum Gasteiger partial charge on any atom is 0.162 e. The summed E-state index contributed by atoms with van der Waals surface area (Å²) in [5.41, 5.74) is 6.82. The predicted octanol–water partition coefficient (Wildman–Crippen LogP) is 3.83. The van der Waals surface area contributed by atoms with Crippen LogP contribution in [0.3, 0.4) is 0 Å². The number of ether oxygens (including phenoxy) is 1. The molecule has 0 bridgehead atoms. The molecule has 2 N–H and O–H groups in total. The highest BCUT2D eigenvalue weighted by Gasteiger charge is 2.34. The number of nitrogens with one attached hydrogen (secondary N) is 2. The summed E-state index contributed by atoms with van der Waals surface area (Å²) in [4.78, 5) is 1.12. The number of halogens is 1. The van der Waals surface area contributed by atoms with Crippen molar-refractivity contribution in [2.75, 3.05) is 25.1 Å². The second-order valence-electron chi connectivity index (χ2n) is 5.83. The molecule has 0 spiro atoms. The van der Waals surface area contributed by atoms with E-state index in [4.69, 9.17) is 4.74 Å². The Morgan fingerprint density at radius 3 is 2.62 bits per heavy atom. The van der Waals surface area contributed by atoms with E-state index in [1.807, 2.05) is 50.3 Å². The van der Waals surface area contributed by atoms with Gasteiger partial charge in [0.1, 0.15) is 5.82 Å². The number of hydrazine groups is 1. The molecule has 4 nitrogen and oxygen atoms in total. The molecule has 1 aromatic carbocycles. The molecule has 0 radical (unpaired) electrons. The van der Waals surface area contributed by atoms with Crippen molar-refractivity contribution in [1.82, 2.24) is 10.7 Å². The number of fused-ring (bicyclic) bond motifs is 1. The molecule has 24 heavy (non-hydrogen) atoms. The van der Waals surface area contributed by atoms with Crippen LogP contribution >= 0.6 is 11.3 Å². The first-order valence-corrected chi connectivity index (χ1v) is 9.25. The smallest absolute Gasteiger partial charge is 0.162 e. The number of benzene rings is 1. The standard InChI is InChI=1S/C16H18FN3OS.C2H6/c1-9-3-4-11(13(17)5-9)12-8-22-15-14(12)20(2)19-16(15)21-10-6-18-7-10;1-2/h3-5,8,10,16,18-19H,6-7H2,1-2H3;1-2H3. The summed E-state index contributed by atoms with van der Waals surface area (Å²) < 4.78 is 20.4. The molecule has 1 fully saturated rings. The Bertz CT molecular complexity index is 714. The molecule has 1 unspecified atom stereocenters. The summed E-state index contributed by atoms with van der Waals surface area (Å²) in [5, 5.41) is 7.16. The Morgan fingerprint density at radius 1 is 1.25 bits per heavy atom. The highest BCUT2D eigenvalue weighted by Crippen LogP contribution is 2.46. The first-order chi connectivity index (χ1) is 11.6. The molecule has 0 amide bonds. The second kappa shape index (κ2) is 7.19. The molecule has 2 aliphatic heterocycles. The minimum absolute atomic E-state index is 0.139. The van der Waals surface area contributed by atoms with Crippen LogP contribution in [0, 0.1) is 12.7 Å². The van der Waals surface area contributed by atoms with Gasteiger partial charge in [0.2, 0.25) is 0 Å². The van der Waals surface area contributed by atoms with Gasteiger partial charge in [0.15, 0.2) is 6.23 Å². The summed E-state index contributed by atoms with van der Waals surface area (Å²) in [6.45, 7) is 7.68. The summed E-state index contributed by atoms with van der Waals surface area (Å²) in [6.07, 6.45) is 0.109. The third-order valence-electron chi connectivity index (χ3n) is 4.16. The number of nitrogens with zero attached hydrogens (tertiary/aromatic N) is 1. The minimum atomic E-state index is -0.179. The van der Waals surface area contributed by atoms with Gasteiger partial charge >= 0.3 is 0 Å². The number of hydrogen-bond acceptors (Lipinski definition) is 5. The molecule has 1 saturated heterocycles. The number of anilines is 1. The first-order valence-electron chi connectivity index (χ1n) is 8.37. The van der Waals surface area contributed by atoms with Crippen molar-refractivity contribution in [3.63, 3.8) is 0 Å². The Hall–Kier alpha value is -1.47. The number of rotatable bonds is 3. The summed E-state index contributed by atoms with van der Waals surface area (Å²) in [7, 11) is 1.95. The van der Waals surface area contributed by atoms with E-state index in [-0.39, 0.29) is 18.1 Å². The number of aryl methyl sites for hydroxylation is 1. The number of thiophene rings is 1. The molecule has 2 aliphatic rings. The highest BCUT2D eigenvalue weighted by atomic mass is 32.1. The van der Waals surface area contributed by atoms with Crippen LogP contribution in [0.2, 0.25) is 0 Å². The predicted molar refractivity (Wildman–Crippen MR) is 97.8 cm³/mol. The van der Waals surface area contributed by atoms with Crippen LogP contribution in [-0.4, -0.2) is 26.2 Å². The lowest BCUT2D eigenvalue weighted by Crippen LogP contribution is -2.50. The molecule has 1 aromatic heterocycles. The Kier molecular flexibility index (Phi) is 5.20. The van der Waals surface area contributed by atoms with E-state index in [1.165, 1.54) is 0 Å². The maximum absolute atomic E-state index is 14.3. The number of hydrogen-bond donors (Lipinski definition) is 2. The molecular formula is C18H24FN3OS. The summed E-state index contributed by atoms with van der Waals surface area (Å²) in [5.74, 6) is -0.179. The van der Waals surface area contributed by atoms with Gasteiger partial charge in [0, 0.05) is 36.6 Å². The fourth-order valence-electron chi connectivity index (χ4n) is 2.87. The monoisotopic (exact) mass is 349 g/mol. The Labute approximate surface area is 146 Å². The molecule has 3 heterocycles. The zero-order valence-electron chi connectivity index (χ0n) is 14.5. The van der Waals surface area contributed by atoms with Crippen LogP contribution in [0.25, 0.3) is 11.1 Å².